The fourth-order valence-corrected chi connectivity index (χ4v) is 3.10. The van der Waals surface area contributed by atoms with Gasteiger partial charge < -0.3 is 5.32 Å². The molecule has 0 saturated heterocycles. The second-order valence-corrected chi connectivity index (χ2v) is 6.23. The molecule has 0 spiro atoms. The Balaban J connectivity index is 2.17. The Morgan fingerprint density at radius 3 is 2.52 bits per heavy atom. The van der Waals surface area contributed by atoms with Gasteiger partial charge in [-0.15, -0.1) is 11.8 Å². The van der Waals surface area contributed by atoms with Crippen LogP contribution < -0.4 is 5.32 Å². The molecule has 0 bridgehead atoms. The maximum absolute atomic E-state index is 5.91. The van der Waals surface area contributed by atoms with E-state index in [1.807, 2.05) is 19.2 Å². The lowest BCUT2D eigenvalue weighted by atomic mass is 10.2. The highest BCUT2D eigenvalue weighted by Gasteiger charge is 2.10. The van der Waals surface area contributed by atoms with Gasteiger partial charge >= 0.3 is 0 Å². The topological polar surface area (TPSA) is 37.8 Å². The van der Waals surface area contributed by atoms with Crippen LogP contribution in [0.1, 0.15) is 30.3 Å². The average molecular weight is 322 g/mol. The fourth-order valence-electron chi connectivity index (χ4n) is 1.99. The fraction of sp³-hybridized carbons (Fsp3) is 0.375. The quantitative estimate of drug-likeness (QED) is 0.617. The summed E-state index contributed by atoms with van der Waals surface area (Å²) in [4.78, 5) is 9.24. The molecule has 2 rings (SSSR count). The standard InChI is InChI=1S/C16H20ClN3S/c1-4-5-14-19-15(18-3)11(2)16(20-14)21-10-12-6-8-13(17)9-7-12/h6-9H,4-5,10H2,1-3H3,(H,18,19,20). The van der Waals surface area contributed by atoms with Gasteiger partial charge in [0, 0.05) is 29.8 Å². The molecule has 0 aliphatic heterocycles. The van der Waals surface area contributed by atoms with Crippen LogP contribution in [0.25, 0.3) is 0 Å². The van der Waals surface area contributed by atoms with E-state index in [2.05, 4.69) is 41.3 Å². The normalized spacial score (nSPS) is 10.7. The maximum atomic E-state index is 5.91. The number of benzene rings is 1. The summed E-state index contributed by atoms with van der Waals surface area (Å²) in [5.74, 6) is 2.71. The van der Waals surface area contributed by atoms with Crippen molar-refractivity contribution in [2.75, 3.05) is 12.4 Å². The van der Waals surface area contributed by atoms with Gasteiger partial charge in [-0.1, -0.05) is 30.7 Å². The first kappa shape index (κ1) is 16.1. The van der Waals surface area contributed by atoms with Crippen molar-refractivity contribution < 1.29 is 0 Å². The Morgan fingerprint density at radius 2 is 1.90 bits per heavy atom. The van der Waals surface area contributed by atoms with Crippen LogP contribution in [0.2, 0.25) is 5.02 Å². The summed E-state index contributed by atoms with van der Waals surface area (Å²) in [5.41, 5.74) is 2.35. The zero-order valence-electron chi connectivity index (χ0n) is 12.6. The van der Waals surface area contributed by atoms with Crippen LogP contribution in [0, 0.1) is 6.92 Å². The molecule has 2 aromatic rings. The zero-order chi connectivity index (χ0) is 15.2. The van der Waals surface area contributed by atoms with Crippen LogP contribution >= 0.6 is 23.4 Å². The first-order valence-electron chi connectivity index (χ1n) is 7.06. The number of thioether (sulfide) groups is 1. The Kier molecular flexibility index (Phi) is 5.88. The molecule has 1 heterocycles. The van der Waals surface area contributed by atoms with Gasteiger partial charge in [0.05, 0.1) is 0 Å². The monoisotopic (exact) mass is 321 g/mol. The smallest absolute Gasteiger partial charge is 0.133 e. The molecule has 1 aromatic heterocycles. The number of rotatable bonds is 6. The molecular weight excluding hydrogens is 302 g/mol. The van der Waals surface area contributed by atoms with Crippen LogP contribution in [0.15, 0.2) is 29.3 Å². The minimum Gasteiger partial charge on any atom is -0.373 e. The summed E-state index contributed by atoms with van der Waals surface area (Å²) in [6.45, 7) is 4.20. The molecule has 0 aliphatic carbocycles. The Labute approximate surface area is 135 Å². The summed E-state index contributed by atoms with van der Waals surface area (Å²) >= 11 is 7.65. The molecule has 5 heteroatoms. The SMILES string of the molecule is CCCc1nc(NC)c(C)c(SCc2ccc(Cl)cc2)n1. The maximum Gasteiger partial charge on any atom is 0.133 e. The molecule has 0 saturated carbocycles. The highest BCUT2D eigenvalue weighted by Crippen LogP contribution is 2.28. The Hall–Kier alpha value is -1.26. The lowest BCUT2D eigenvalue weighted by Gasteiger charge is -2.11. The van der Waals surface area contributed by atoms with Gasteiger partial charge in [0.1, 0.15) is 16.7 Å². The van der Waals surface area contributed by atoms with Gasteiger partial charge in [-0.25, -0.2) is 9.97 Å². The molecule has 21 heavy (non-hydrogen) atoms. The molecule has 0 atom stereocenters. The van der Waals surface area contributed by atoms with Crippen LogP contribution in [0.4, 0.5) is 5.82 Å². The molecule has 112 valence electrons. The Bertz CT molecular complexity index is 599. The second kappa shape index (κ2) is 7.66. The summed E-state index contributed by atoms with van der Waals surface area (Å²) in [7, 11) is 1.90. The molecule has 3 nitrogen and oxygen atoms in total. The van der Waals surface area contributed by atoms with Gasteiger partial charge in [-0.05, 0) is 31.0 Å². The number of nitrogens with one attached hydrogen (secondary N) is 1. The molecule has 0 unspecified atom stereocenters. The van der Waals surface area contributed by atoms with E-state index >= 15 is 0 Å². The average Bonchev–Trinajstić information content (AvgIpc) is 2.49. The minimum atomic E-state index is 0.768. The lowest BCUT2D eigenvalue weighted by molar-refractivity contribution is 0.804. The van der Waals surface area contributed by atoms with Crippen molar-refractivity contribution in [2.45, 2.75) is 37.5 Å². The first-order chi connectivity index (χ1) is 10.1. The predicted molar refractivity (Wildman–Crippen MR) is 91.3 cm³/mol. The van der Waals surface area contributed by atoms with Gasteiger partial charge in [0.15, 0.2) is 0 Å². The third kappa shape index (κ3) is 4.35. The summed E-state index contributed by atoms with van der Waals surface area (Å²) < 4.78 is 0. The summed E-state index contributed by atoms with van der Waals surface area (Å²) in [6.07, 6.45) is 1.96. The number of halogens is 1. The van der Waals surface area contributed by atoms with E-state index in [4.69, 9.17) is 11.6 Å². The van der Waals surface area contributed by atoms with Gasteiger partial charge in [-0.3, -0.25) is 0 Å². The molecule has 0 fully saturated rings. The van der Waals surface area contributed by atoms with Crippen molar-refractivity contribution in [2.24, 2.45) is 0 Å². The van der Waals surface area contributed by atoms with E-state index < -0.39 is 0 Å². The van der Waals surface area contributed by atoms with Gasteiger partial charge in [0.25, 0.3) is 0 Å². The molecule has 1 aromatic carbocycles. The summed E-state index contributed by atoms with van der Waals surface area (Å²) in [5, 5.41) is 4.98. The number of aryl methyl sites for hydroxylation is 1. The lowest BCUT2D eigenvalue weighted by Crippen LogP contribution is -2.04. The van der Waals surface area contributed by atoms with Crippen molar-refractivity contribution in [3.63, 3.8) is 0 Å². The first-order valence-corrected chi connectivity index (χ1v) is 8.43. The van der Waals surface area contributed by atoms with E-state index in [-0.39, 0.29) is 0 Å². The van der Waals surface area contributed by atoms with E-state index in [1.165, 1.54) is 5.56 Å². The number of anilines is 1. The number of hydrogen-bond acceptors (Lipinski definition) is 4. The molecule has 0 aliphatic rings. The van der Waals surface area contributed by atoms with E-state index in [0.717, 1.165) is 45.8 Å². The van der Waals surface area contributed by atoms with E-state index in [1.54, 1.807) is 11.8 Å². The number of hydrogen-bond donors (Lipinski definition) is 1. The second-order valence-electron chi connectivity index (χ2n) is 4.83. The molecule has 1 N–H and O–H groups in total. The third-order valence-corrected chi connectivity index (χ3v) is 4.55. The molecular formula is C16H20ClN3S. The third-order valence-electron chi connectivity index (χ3n) is 3.15. The van der Waals surface area contributed by atoms with E-state index in [0.29, 0.717) is 0 Å². The largest absolute Gasteiger partial charge is 0.373 e. The van der Waals surface area contributed by atoms with Crippen LogP contribution in [0.5, 0.6) is 0 Å². The number of aromatic nitrogens is 2. The van der Waals surface area contributed by atoms with Crippen LogP contribution in [-0.4, -0.2) is 17.0 Å². The van der Waals surface area contributed by atoms with Crippen molar-refractivity contribution >= 4 is 29.2 Å². The van der Waals surface area contributed by atoms with Crippen LogP contribution in [-0.2, 0) is 12.2 Å². The highest BCUT2D eigenvalue weighted by molar-refractivity contribution is 7.98. The molecule has 0 radical (unpaired) electrons. The van der Waals surface area contributed by atoms with Gasteiger partial charge in [0.2, 0.25) is 0 Å². The number of nitrogens with zero attached hydrogens (tertiary/aromatic N) is 2. The minimum absolute atomic E-state index is 0.768. The predicted octanol–water partition coefficient (Wildman–Crippen LogP) is 4.72. The zero-order valence-corrected chi connectivity index (χ0v) is 14.2. The van der Waals surface area contributed by atoms with Crippen molar-refractivity contribution in [1.82, 2.24) is 9.97 Å². The van der Waals surface area contributed by atoms with E-state index in [9.17, 15) is 0 Å². The van der Waals surface area contributed by atoms with Crippen molar-refractivity contribution in [3.8, 4) is 0 Å². The summed E-state index contributed by atoms with van der Waals surface area (Å²) in [6, 6.07) is 7.95. The van der Waals surface area contributed by atoms with Gasteiger partial charge in [-0.2, -0.15) is 0 Å². The Morgan fingerprint density at radius 1 is 1.19 bits per heavy atom. The van der Waals surface area contributed by atoms with Crippen molar-refractivity contribution in [3.05, 3.63) is 46.2 Å². The molecule has 0 amide bonds. The van der Waals surface area contributed by atoms with Crippen molar-refractivity contribution in [1.29, 1.82) is 0 Å². The highest BCUT2D eigenvalue weighted by atomic mass is 35.5. The van der Waals surface area contributed by atoms with Crippen LogP contribution in [0.3, 0.4) is 0 Å².